The molecule has 0 heterocycles. The van der Waals surface area contributed by atoms with Gasteiger partial charge >= 0.3 is 5.97 Å². The van der Waals surface area contributed by atoms with Gasteiger partial charge in [0.1, 0.15) is 0 Å². The molecular formula is C15H22O4. The Kier molecular flexibility index (Phi) is 2.64. The first-order valence-electron chi connectivity index (χ1n) is 7.09. The molecule has 5 atom stereocenters. The lowest BCUT2D eigenvalue weighted by Crippen LogP contribution is -2.43. The predicted molar refractivity (Wildman–Crippen MR) is 69.3 cm³/mol. The normalized spacial score (nSPS) is 46.8. The summed E-state index contributed by atoms with van der Waals surface area (Å²) >= 11 is 0. The minimum absolute atomic E-state index is 0.00671. The Hall–Kier alpha value is -0.870. The summed E-state index contributed by atoms with van der Waals surface area (Å²) in [5.74, 6) is -0.520. The largest absolute Gasteiger partial charge is 0.478 e. The molecule has 3 aliphatic carbocycles. The highest BCUT2D eigenvalue weighted by molar-refractivity contribution is 5.88. The summed E-state index contributed by atoms with van der Waals surface area (Å²) in [6.07, 6.45) is 3.43. The van der Waals surface area contributed by atoms with Gasteiger partial charge in [0.15, 0.2) is 0 Å². The standard InChI is InChI=1S/C15H22O4/c1-14(2)10-6-15(8(7-16)3-4-11(14)15)12(17)5-9(10)13(18)19/h5,8,10-12,16-17H,3-4,6-7H2,1-2H3,(H,18,19)/t8-,10-,11-,12-,15+/m0/s1. The maximum Gasteiger partial charge on any atom is 0.331 e. The van der Waals surface area contributed by atoms with Crippen molar-refractivity contribution in [2.24, 2.45) is 28.6 Å². The van der Waals surface area contributed by atoms with Crippen molar-refractivity contribution < 1.29 is 20.1 Å². The summed E-state index contributed by atoms with van der Waals surface area (Å²) in [6, 6.07) is 0. The molecule has 0 aromatic heterocycles. The number of hydrogen-bond acceptors (Lipinski definition) is 3. The molecule has 106 valence electrons. The quantitative estimate of drug-likeness (QED) is 0.706. The molecule has 0 aromatic rings. The van der Waals surface area contributed by atoms with Crippen LogP contribution >= 0.6 is 0 Å². The summed E-state index contributed by atoms with van der Waals surface area (Å²) in [4.78, 5) is 11.4. The van der Waals surface area contributed by atoms with Crippen molar-refractivity contribution in [2.75, 3.05) is 6.61 Å². The van der Waals surface area contributed by atoms with Gasteiger partial charge in [-0.25, -0.2) is 4.79 Å². The predicted octanol–water partition coefficient (Wildman–Crippen LogP) is 1.42. The summed E-state index contributed by atoms with van der Waals surface area (Å²) in [6.45, 7) is 4.34. The number of fused-ring (bicyclic) bond motifs is 1. The van der Waals surface area contributed by atoms with Gasteiger partial charge < -0.3 is 15.3 Å². The van der Waals surface area contributed by atoms with Crippen molar-refractivity contribution in [1.29, 1.82) is 0 Å². The molecule has 4 heteroatoms. The highest BCUT2D eigenvalue weighted by atomic mass is 16.4. The smallest absolute Gasteiger partial charge is 0.331 e. The minimum atomic E-state index is -0.910. The zero-order valence-electron chi connectivity index (χ0n) is 11.5. The average molecular weight is 266 g/mol. The van der Waals surface area contributed by atoms with Crippen LogP contribution < -0.4 is 0 Å². The molecule has 3 rings (SSSR count). The second-order valence-corrected chi connectivity index (χ2v) is 7.07. The maximum absolute atomic E-state index is 11.4. The van der Waals surface area contributed by atoms with E-state index >= 15 is 0 Å². The van der Waals surface area contributed by atoms with E-state index < -0.39 is 12.1 Å². The number of aliphatic hydroxyl groups excluding tert-OH is 2. The summed E-state index contributed by atoms with van der Waals surface area (Å²) in [5, 5.41) is 29.6. The van der Waals surface area contributed by atoms with Gasteiger partial charge in [-0.2, -0.15) is 0 Å². The van der Waals surface area contributed by atoms with Gasteiger partial charge in [0.25, 0.3) is 0 Å². The zero-order valence-corrected chi connectivity index (χ0v) is 11.5. The Morgan fingerprint density at radius 2 is 2.11 bits per heavy atom. The Labute approximate surface area is 113 Å². The third-order valence-corrected chi connectivity index (χ3v) is 6.30. The summed E-state index contributed by atoms with van der Waals surface area (Å²) in [5.41, 5.74) is -0.0535. The lowest BCUT2D eigenvalue weighted by molar-refractivity contribution is -0.134. The molecule has 3 aliphatic rings. The van der Waals surface area contributed by atoms with Crippen molar-refractivity contribution in [3.8, 4) is 0 Å². The number of hydrogen-bond donors (Lipinski definition) is 3. The van der Waals surface area contributed by atoms with Gasteiger partial charge in [-0.05, 0) is 48.5 Å². The molecule has 0 aromatic carbocycles. The Balaban J connectivity index is 2.13. The number of carboxylic acids is 1. The van der Waals surface area contributed by atoms with E-state index in [2.05, 4.69) is 13.8 Å². The number of carboxylic acid groups (broad SMARTS) is 1. The summed E-state index contributed by atoms with van der Waals surface area (Å²) < 4.78 is 0. The molecule has 0 amide bonds. The average Bonchev–Trinajstić information content (AvgIpc) is 2.79. The van der Waals surface area contributed by atoms with Gasteiger partial charge in [0.05, 0.1) is 6.10 Å². The van der Waals surface area contributed by atoms with Gasteiger partial charge in [-0.1, -0.05) is 13.8 Å². The van der Waals surface area contributed by atoms with Crippen LogP contribution in [0.4, 0.5) is 0 Å². The van der Waals surface area contributed by atoms with E-state index in [1.54, 1.807) is 6.08 Å². The number of carbonyl (C=O) groups is 1. The second kappa shape index (κ2) is 3.83. The van der Waals surface area contributed by atoms with E-state index in [4.69, 9.17) is 0 Å². The highest BCUT2D eigenvalue weighted by Gasteiger charge is 2.68. The lowest BCUT2D eigenvalue weighted by Gasteiger charge is -2.41. The molecule has 2 bridgehead atoms. The van der Waals surface area contributed by atoms with E-state index in [0.29, 0.717) is 17.9 Å². The van der Waals surface area contributed by atoms with Crippen LogP contribution in [0.25, 0.3) is 0 Å². The second-order valence-electron chi connectivity index (χ2n) is 7.07. The molecule has 19 heavy (non-hydrogen) atoms. The molecule has 0 saturated heterocycles. The van der Waals surface area contributed by atoms with Crippen LogP contribution in [0.3, 0.4) is 0 Å². The Bertz CT molecular complexity index is 453. The van der Waals surface area contributed by atoms with Crippen LogP contribution in [0.1, 0.15) is 33.1 Å². The Morgan fingerprint density at radius 3 is 2.68 bits per heavy atom. The van der Waals surface area contributed by atoms with Gasteiger partial charge in [0, 0.05) is 17.6 Å². The van der Waals surface area contributed by atoms with Gasteiger partial charge in [-0.3, -0.25) is 0 Å². The number of rotatable bonds is 2. The van der Waals surface area contributed by atoms with Crippen molar-refractivity contribution in [3.05, 3.63) is 11.6 Å². The molecule has 0 aliphatic heterocycles. The van der Waals surface area contributed by atoms with Gasteiger partial charge in [0.2, 0.25) is 0 Å². The van der Waals surface area contributed by atoms with Crippen LogP contribution in [0.2, 0.25) is 0 Å². The van der Waals surface area contributed by atoms with E-state index in [-0.39, 0.29) is 29.3 Å². The van der Waals surface area contributed by atoms with E-state index in [1.807, 2.05) is 0 Å². The monoisotopic (exact) mass is 266 g/mol. The van der Waals surface area contributed by atoms with Crippen LogP contribution in [0.15, 0.2) is 11.6 Å². The number of aliphatic carboxylic acids is 1. The van der Waals surface area contributed by atoms with E-state index in [1.165, 1.54) is 0 Å². The topological polar surface area (TPSA) is 77.8 Å². The molecule has 0 unspecified atom stereocenters. The van der Waals surface area contributed by atoms with Crippen LogP contribution in [-0.2, 0) is 4.79 Å². The zero-order chi connectivity index (χ0) is 14.0. The van der Waals surface area contributed by atoms with Crippen LogP contribution in [0, 0.1) is 28.6 Å². The molecular weight excluding hydrogens is 244 g/mol. The molecule has 2 saturated carbocycles. The van der Waals surface area contributed by atoms with Crippen LogP contribution in [0.5, 0.6) is 0 Å². The SMILES string of the molecule is CC1(C)[C@H]2C[C@]3([C@H](CO)CC[C@@H]13)[C@@H](O)C=C2C(=O)O. The fraction of sp³-hybridized carbons (Fsp3) is 0.800. The lowest BCUT2D eigenvalue weighted by atomic mass is 9.66. The van der Waals surface area contributed by atoms with Crippen molar-refractivity contribution in [2.45, 2.75) is 39.2 Å². The molecule has 0 radical (unpaired) electrons. The van der Waals surface area contributed by atoms with Crippen molar-refractivity contribution in [1.82, 2.24) is 0 Å². The van der Waals surface area contributed by atoms with Crippen LogP contribution in [-0.4, -0.2) is 34.0 Å². The molecule has 4 nitrogen and oxygen atoms in total. The number of aliphatic hydroxyl groups is 2. The third-order valence-electron chi connectivity index (χ3n) is 6.30. The third kappa shape index (κ3) is 1.39. The summed E-state index contributed by atoms with van der Waals surface area (Å²) in [7, 11) is 0. The fourth-order valence-electron chi connectivity index (χ4n) is 5.42. The first kappa shape index (κ1) is 13.1. The maximum atomic E-state index is 11.4. The highest BCUT2D eigenvalue weighted by Crippen LogP contribution is 2.71. The molecule has 3 N–H and O–H groups in total. The van der Waals surface area contributed by atoms with Crippen molar-refractivity contribution >= 4 is 5.97 Å². The van der Waals surface area contributed by atoms with E-state index in [0.717, 1.165) is 12.8 Å². The van der Waals surface area contributed by atoms with Crippen molar-refractivity contribution in [3.63, 3.8) is 0 Å². The first-order valence-corrected chi connectivity index (χ1v) is 7.09. The first-order chi connectivity index (χ1) is 8.85. The fourth-order valence-corrected chi connectivity index (χ4v) is 5.42. The van der Waals surface area contributed by atoms with E-state index in [9.17, 15) is 20.1 Å². The Morgan fingerprint density at radius 1 is 1.42 bits per heavy atom. The molecule has 2 fully saturated rings. The minimum Gasteiger partial charge on any atom is -0.478 e. The molecule has 1 spiro atoms. The van der Waals surface area contributed by atoms with Gasteiger partial charge in [-0.15, -0.1) is 0 Å².